The zero-order valence-corrected chi connectivity index (χ0v) is 19.2. The number of amides is 2. The number of nitrogens with one attached hydrogen (secondary N) is 2. The Balaban J connectivity index is 1.37. The molecular weight excluding hydrogens is 408 g/mol. The molecule has 0 fully saturated rings. The van der Waals surface area contributed by atoms with Crippen LogP contribution in [0.15, 0.2) is 91.0 Å². The molecule has 2 N–H and O–H groups in total. The Morgan fingerprint density at radius 3 is 1.97 bits per heavy atom. The summed E-state index contributed by atoms with van der Waals surface area (Å²) in [6, 6.07) is 28.9. The normalized spacial score (nSPS) is 11.2. The van der Waals surface area contributed by atoms with Crippen molar-refractivity contribution in [3.63, 3.8) is 0 Å². The molecular formula is C29H28N2O2. The number of hydrogen-bond donors (Lipinski definition) is 2. The Kier molecular flexibility index (Phi) is 6.27. The maximum Gasteiger partial charge on any atom is 0.255 e. The molecule has 4 heteroatoms. The smallest absolute Gasteiger partial charge is 0.255 e. The van der Waals surface area contributed by atoms with Gasteiger partial charge >= 0.3 is 0 Å². The quantitative estimate of drug-likeness (QED) is 0.372. The van der Waals surface area contributed by atoms with Crippen molar-refractivity contribution in [3.05, 3.63) is 108 Å². The molecule has 0 saturated carbocycles. The van der Waals surface area contributed by atoms with Gasteiger partial charge in [-0.3, -0.25) is 9.59 Å². The van der Waals surface area contributed by atoms with Crippen molar-refractivity contribution in [2.75, 3.05) is 10.6 Å². The van der Waals surface area contributed by atoms with Gasteiger partial charge in [0.05, 0.1) is 6.42 Å². The summed E-state index contributed by atoms with van der Waals surface area (Å²) in [6.07, 6.45) is 0.296. The molecule has 0 aliphatic carbocycles. The minimum Gasteiger partial charge on any atom is -0.326 e. The van der Waals surface area contributed by atoms with Crippen LogP contribution in [-0.2, 0) is 16.6 Å². The van der Waals surface area contributed by atoms with Crippen LogP contribution in [-0.4, -0.2) is 11.8 Å². The van der Waals surface area contributed by atoms with Gasteiger partial charge in [-0.05, 0) is 63.7 Å². The highest BCUT2D eigenvalue weighted by Crippen LogP contribution is 2.23. The molecule has 0 spiro atoms. The van der Waals surface area contributed by atoms with E-state index in [1.807, 2.05) is 66.7 Å². The van der Waals surface area contributed by atoms with Gasteiger partial charge < -0.3 is 10.6 Å². The Morgan fingerprint density at radius 1 is 0.697 bits per heavy atom. The molecule has 33 heavy (non-hydrogen) atoms. The third-order valence-corrected chi connectivity index (χ3v) is 5.67. The number of carbonyl (C=O) groups is 2. The first-order chi connectivity index (χ1) is 15.8. The first-order valence-corrected chi connectivity index (χ1v) is 11.1. The molecule has 0 unspecified atom stereocenters. The molecule has 0 bridgehead atoms. The molecule has 0 aliphatic heterocycles. The minimum atomic E-state index is -0.164. The number of hydrogen-bond acceptors (Lipinski definition) is 2. The summed E-state index contributed by atoms with van der Waals surface area (Å²) in [5.74, 6) is -0.245. The Hall–Kier alpha value is -3.92. The predicted molar refractivity (Wildman–Crippen MR) is 136 cm³/mol. The summed E-state index contributed by atoms with van der Waals surface area (Å²) in [5, 5.41) is 8.05. The van der Waals surface area contributed by atoms with Gasteiger partial charge in [0, 0.05) is 16.9 Å². The molecule has 0 radical (unpaired) electrons. The average molecular weight is 437 g/mol. The summed E-state index contributed by atoms with van der Waals surface area (Å²) in [7, 11) is 0. The van der Waals surface area contributed by atoms with Crippen LogP contribution in [0.2, 0.25) is 0 Å². The summed E-state index contributed by atoms with van der Waals surface area (Å²) in [5.41, 5.74) is 4.19. The van der Waals surface area contributed by atoms with Gasteiger partial charge in [0.15, 0.2) is 0 Å². The summed E-state index contributed by atoms with van der Waals surface area (Å²) >= 11 is 0. The van der Waals surface area contributed by atoms with Gasteiger partial charge in [-0.15, -0.1) is 0 Å². The van der Waals surface area contributed by atoms with E-state index in [0.717, 1.165) is 16.3 Å². The predicted octanol–water partition coefficient (Wildman–Crippen LogP) is 6.57. The molecule has 0 heterocycles. The van der Waals surface area contributed by atoms with Gasteiger partial charge in [-0.1, -0.05) is 75.4 Å². The van der Waals surface area contributed by atoms with E-state index in [2.05, 4.69) is 31.4 Å². The largest absolute Gasteiger partial charge is 0.326 e. The molecule has 4 aromatic carbocycles. The van der Waals surface area contributed by atoms with Crippen molar-refractivity contribution in [3.8, 4) is 0 Å². The molecule has 4 rings (SSSR count). The van der Waals surface area contributed by atoms with Crippen molar-refractivity contribution in [2.45, 2.75) is 32.6 Å². The van der Waals surface area contributed by atoms with Crippen molar-refractivity contribution in [1.82, 2.24) is 0 Å². The fraction of sp³-hybridized carbons (Fsp3) is 0.172. The lowest BCUT2D eigenvalue weighted by molar-refractivity contribution is -0.115. The lowest BCUT2D eigenvalue weighted by Crippen LogP contribution is -2.15. The number of rotatable bonds is 5. The van der Waals surface area contributed by atoms with Crippen molar-refractivity contribution < 1.29 is 9.59 Å². The second-order valence-corrected chi connectivity index (χ2v) is 9.22. The maximum atomic E-state index is 12.6. The topological polar surface area (TPSA) is 58.2 Å². The van der Waals surface area contributed by atoms with Gasteiger partial charge in [-0.25, -0.2) is 0 Å². The van der Waals surface area contributed by atoms with Crippen LogP contribution in [0.3, 0.4) is 0 Å². The van der Waals surface area contributed by atoms with Crippen molar-refractivity contribution >= 4 is 34.0 Å². The van der Waals surface area contributed by atoms with Crippen molar-refractivity contribution in [2.24, 2.45) is 0 Å². The second kappa shape index (κ2) is 9.29. The molecule has 2 amide bonds. The van der Waals surface area contributed by atoms with Gasteiger partial charge in [0.1, 0.15) is 0 Å². The van der Waals surface area contributed by atoms with E-state index in [1.54, 1.807) is 24.3 Å². The van der Waals surface area contributed by atoms with E-state index in [-0.39, 0.29) is 17.2 Å². The number of carbonyl (C=O) groups excluding carboxylic acids is 2. The van der Waals surface area contributed by atoms with Crippen LogP contribution in [0.1, 0.15) is 42.3 Å². The molecule has 0 aliphatic rings. The van der Waals surface area contributed by atoms with Crippen LogP contribution >= 0.6 is 0 Å². The summed E-state index contributed by atoms with van der Waals surface area (Å²) in [6.45, 7) is 6.43. The molecule has 0 atom stereocenters. The van der Waals surface area contributed by atoms with E-state index in [0.29, 0.717) is 23.4 Å². The Morgan fingerprint density at radius 2 is 1.30 bits per heavy atom. The van der Waals surface area contributed by atoms with Crippen LogP contribution < -0.4 is 10.6 Å². The fourth-order valence-corrected chi connectivity index (χ4v) is 3.79. The molecule has 0 aromatic heterocycles. The third-order valence-electron chi connectivity index (χ3n) is 5.67. The highest BCUT2D eigenvalue weighted by molar-refractivity contribution is 6.04. The minimum absolute atomic E-state index is 0.0445. The average Bonchev–Trinajstić information content (AvgIpc) is 2.80. The molecule has 4 nitrogen and oxygen atoms in total. The summed E-state index contributed by atoms with van der Waals surface area (Å²) < 4.78 is 0. The SMILES string of the molecule is CC(C)(C)c1ccc(C(=O)Nc2ccc(NC(=O)Cc3cccc4ccccc34)cc2)cc1. The maximum absolute atomic E-state index is 12.6. The number of benzene rings is 4. The zero-order chi connectivity index (χ0) is 23.4. The monoisotopic (exact) mass is 436 g/mol. The van der Waals surface area contributed by atoms with E-state index in [4.69, 9.17) is 0 Å². The van der Waals surface area contributed by atoms with E-state index < -0.39 is 0 Å². The zero-order valence-electron chi connectivity index (χ0n) is 19.2. The van der Waals surface area contributed by atoms with Gasteiger partial charge in [0.2, 0.25) is 5.91 Å². The van der Waals surface area contributed by atoms with E-state index in [9.17, 15) is 9.59 Å². The summed E-state index contributed by atoms with van der Waals surface area (Å²) in [4.78, 5) is 25.2. The third kappa shape index (κ3) is 5.47. The number of fused-ring (bicyclic) bond motifs is 1. The number of anilines is 2. The standard InChI is InChI=1S/C29H28N2O2/c1-29(2,3)23-13-11-21(12-14-23)28(33)31-25-17-15-24(16-18-25)30-27(32)19-22-9-6-8-20-7-4-5-10-26(20)22/h4-18H,19H2,1-3H3,(H,30,32)(H,31,33). The van der Waals surface area contributed by atoms with Crippen molar-refractivity contribution in [1.29, 1.82) is 0 Å². The van der Waals surface area contributed by atoms with Gasteiger partial charge in [0.25, 0.3) is 5.91 Å². The van der Waals surface area contributed by atoms with Crippen LogP contribution in [0.5, 0.6) is 0 Å². The van der Waals surface area contributed by atoms with Crippen LogP contribution in [0, 0.1) is 0 Å². The van der Waals surface area contributed by atoms with Crippen LogP contribution in [0.4, 0.5) is 11.4 Å². The van der Waals surface area contributed by atoms with E-state index >= 15 is 0 Å². The van der Waals surface area contributed by atoms with E-state index in [1.165, 1.54) is 5.56 Å². The molecule has 0 saturated heterocycles. The molecule has 4 aromatic rings. The Bertz CT molecular complexity index is 1280. The lowest BCUT2D eigenvalue weighted by Gasteiger charge is -2.19. The first kappa shape index (κ1) is 22.3. The second-order valence-electron chi connectivity index (χ2n) is 9.22. The molecule has 166 valence electrons. The lowest BCUT2D eigenvalue weighted by atomic mass is 9.87. The first-order valence-electron chi connectivity index (χ1n) is 11.1. The highest BCUT2D eigenvalue weighted by Gasteiger charge is 2.14. The Labute approximate surface area is 194 Å². The fourth-order valence-electron chi connectivity index (χ4n) is 3.79. The highest BCUT2D eigenvalue weighted by atomic mass is 16.2. The van der Waals surface area contributed by atoms with Crippen LogP contribution in [0.25, 0.3) is 10.8 Å². The van der Waals surface area contributed by atoms with Gasteiger partial charge in [-0.2, -0.15) is 0 Å².